The van der Waals surface area contributed by atoms with E-state index in [4.69, 9.17) is 14.2 Å². The predicted octanol–water partition coefficient (Wildman–Crippen LogP) is 4.17. The Morgan fingerprint density at radius 2 is 1.87 bits per heavy atom. The zero-order chi connectivity index (χ0) is 21.3. The number of H-pyrrole nitrogens is 1. The number of nitrogens with zero attached hydrogens (tertiary/aromatic N) is 1. The summed E-state index contributed by atoms with van der Waals surface area (Å²) in [6.07, 6.45) is 0.801. The average Bonchev–Trinajstić information content (AvgIpc) is 2.77. The van der Waals surface area contributed by atoms with E-state index in [9.17, 15) is 4.79 Å². The number of rotatable bonds is 10. The number of nitrogens with one attached hydrogen (secondary N) is 2. The summed E-state index contributed by atoms with van der Waals surface area (Å²) in [6, 6.07) is 15.9. The first-order valence-electron chi connectivity index (χ1n) is 9.60. The molecule has 2 N–H and O–H groups in total. The van der Waals surface area contributed by atoms with Gasteiger partial charge in [-0.1, -0.05) is 36.4 Å². The second kappa shape index (κ2) is 10.7. The summed E-state index contributed by atoms with van der Waals surface area (Å²) >= 11 is 3.30. The van der Waals surface area contributed by atoms with E-state index in [-0.39, 0.29) is 5.56 Å². The molecule has 0 saturated heterocycles. The Balaban J connectivity index is 1.71. The van der Waals surface area contributed by atoms with Crippen LogP contribution in [0.15, 0.2) is 57.8 Å². The molecule has 7 nitrogen and oxygen atoms in total. The van der Waals surface area contributed by atoms with E-state index in [1.807, 2.05) is 43.3 Å². The molecule has 2 aromatic carbocycles. The van der Waals surface area contributed by atoms with Crippen LogP contribution in [0.25, 0.3) is 0 Å². The SMILES string of the molecule is CCOc1n[nH]c(=O)c(Br)c1NCc1ccc(OC)c(OCCc2ccccc2)c1. The van der Waals surface area contributed by atoms with Crippen LogP contribution in [0, 0.1) is 0 Å². The number of anilines is 1. The monoisotopic (exact) mass is 473 g/mol. The highest BCUT2D eigenvalue weighted by Gasteiger charge is 2.14. The van der Waals surface area contributed by atoms with Gasteiger partial charge in [-0.15, -0.1) is 5.10 Å². The normalized spacial score (nSPS) is 10.5. The van der Waals surface area contributed by atoms with E-state index in [0.29, 0.717) is 47.3 Å². The summed E-state index contributed by atoms with van der Waals surface area (Å²) in [5.74, 6) is 1.67. The van der Waals surface area contributed by atoms with Crippen LogP contribution in [0.1, 0.15) is 18.1 Å². The molecule has 0 aliphatic carbocycles. The quantitative estimate of drug-likeness (QED) is 0.459. The van der Waals surface area contributed by atoms with Crippen molar-refractivity contribution in [2.24, 2.45) is 0 Å². The number of benzene rings is 2. The number of halogens is 1. The molecule has 30 heavy (non-hydrogen) atoms. The molecule has 0 unspecified atom stereocenters. The van der Waals surface area contributed by atoms with Crippen LogP contribution in [-0.2, 0) is 13.0 Å². The van der Waals surface area contributed by atoms with Gasteiger partial charge in [0.2, 0.25) is 0 Å². The molecule has 1 heterocycles. The Bertz CT molecular complexity index is 1020. The third kappa shape index (κ3) is 5.54. The number of ether oxygens (including phenoxy) is 3. The van der Waals surface area contributed by atoms with Crippen LogP contribution in [0.3, 0.4) is 0 Å². The first-order valence-corrected chi connectivity index (χ1v) is 10.4. The molecule has 0 atom stereocenters. The van der Waals surface area contributed by atoms with Gasteiger partial charge in [-0.05, 0) is 46.1 Å². The smallest absolute Gasteiger partial charge is 0.280 e. The number of hydrogen-bond donors (Lipinski definition) is 2. The van der Waals surface area contributed by atoms with Crippen molar-refractivity contribution < 1.29 is 14.2 Å². The van der Waals surface area contributed by atoms with Gasteiger partial charge in [-0.25, -0.2) is 5.10 Å². The highest BCUT2D eigenvalue weighted by Crippen LogP contribution is 2.31. The van der Waals surface area contributed by atoms with E-state index < -0.39 is 0 Å². The minimum absolute atomic E-state index is 0.330. The van der Waals surface area contributed by atoms with Crippen LogP contribution in [-0.4, -0.2) is 30.5 Å². The van der Waals surface area contributed by atoms with Gasteiger partial charge in [0, 0.05) is 13.0 Å². The van der Waals surface area contributed by atoms with Crippen molar-refractivity contribution >= 4 is 21.6 Å². The minimum Gasteiger partial charge on any atom is -0.493 e. The van der Waals surface area contributed by atoms with Gasteiger partial charge in [0.25, 0.3) is 11.4 Å². The topological polar surface area (TPSA) is 85.5 Å². The maximum atomic E-state index is 11.9. The van der Waals surface area contributed by atoms with Gasteiger partial charge in [-0.2, -0.15) is 0 Å². The summed E-state index contributed by atoms with van der Waals surface area (Å²) in [5.41, 5.74) is 2.34. The van der Waals surface area contributed by atoms with E-state index in [1.54, 1.807) is 7.11 Å². The van der Waals surface area contributed by atoms with Gasteiger partial charge in [0.1, 0.15) is 10.2 Å². The Morgan fingerprint density at radius 3 is 2.60 bits per heavy atom. The second-order valence-electron chi connectivity index (χ2n) is 6.40. The lowest BCUT2D eigenvalue weighted by atomic mass is 10.1. The predicted molar refractivity (Wildman–Crippen MR) is 120 cm³/mol. The van der Waals surface area contributed by atoms with Gasteiger partial charge < -0.3 is 19.5 Å². The Labute approximate surface area is 183 Å². The number of aromatic amines is 1. The fourth-order valence-electron chi connectivity index (χ4n) is 2.87. The molecule has 3 rings (SSSR count). The summed E-state index contributed by atoms with van der Waals surface area (Å²) in [7, 11) is 1.62. The zero-order valence-corrected chi connectivity index (χ0v) is 18.5. The van der Waals surface area contributed by atoms with E-state index in [1.165, 1.54) is 5.56 Å². The van der Waals surface area contributed by atoms with Crippen molar-refractivity contribution in [3.63, 3.8) is 0 Å². The van der Waals surface area contributed by atoms with E-state index in [0.717, 1.165) is 12.0 Å². The minimum atomic E-state index is -0.333. The van der Waals surface area contributed by atoms with Crippen LogP contribution >= 0.6 is 15.9 Å². The molecular formula is C22H24BrN3O4. The summed E-state index contributed by atoms with van der Waals surface area (Å²) in [5, 5.41) is 9.58. The third-order valence-electron chi connectivity index (χ3n) is 4.36. The summed E-state index contributed by atoms with van der Waals surface area (Å²) in [4.78, 5) is 11.9. The largest absolute Gasteiger partial charge is 0.493 e. The van der Waals surface area contributed by atoms with Crippen LogP contribution < -0.4 is 25.1 Å². The van der Waals surface area contributed by atoms with Gasteiger partial charge in [0.15, 0.2) is 11.5 Å². The first kappa shape index (κ1) is 21.7. The standard InChI is InChI=1S/C22H24BrN3O4/c1-3-29-22-20(19(23)21(27)25-26-22)24-14-16-9-10-17(28-2)18(13-16)30-12-11-15-7-5-4-6-8-15/h4-10,13H,3,11-12,14H2,1-2H3,(H2,24,25,27). The zero-order valence-electron chi connectivity index (χ0n) is 16.9. The molecule has 158 valence electrons. The highest BCUT2D eigenvalue weighted by atomic mass is 79.9. The average molecular weight is 474 g/mol. The molecule has 0 spiro atoms. The number of aromatic nitrogens is 2. The van der Waals surface area contributed by atoms with Crippen LogP contribution in [0.2, 0.25) is 0 Å². The third-order valence-corrected chi connectivity index (χ3v) is 5.12. The van der Waals surface area contributed by atoms with Gasteiger partial charge >= 0.3 is 0 Å². The molecule has 8 heteroatoms. The first-order chi connectivity index (χ1) is 14.6. The van der Waals surface area contributed by atoms with Gasteiger partial charge in [-0.3, -0.25) is 4.79 Å². The Morgan fingerprint density at radius 1 is 1.07 bits per heavy atom. The lowest BCUT2D eigenvalue weighted by Crippen LogP contribution is -2.15. The molecule has 0 saturated carbocycles. The van der Waals surface area contributed by atoms with Crippen LogP contribution in [0.5, 0.6) is 17.4 Å². The molecule has 3 aromatic rings. The molecule has 0 fully saturated rings. The number of methoxy groups -OCH3 is 1. The van der Waals surface area contributed by atoms with E-state index >= 15 is 0 Å². The molecule has 0 aliphatic heterocycles. The van der Waals surface area contributed by atoms with Crippen molar-refractivity contribution in [2.45, 2.75) is 19.9 Å². The van der Waals surface area contributed by atoms with Crippen molar-refractivity contribution in [3.8, 4) is 17.4 Å². The molecule has 0 bridgehead atoms. The molecule has 0 amide bonds. The van der Waals surface area contributed by atoms with Crippen molar-refractivity contribution in [1.29, 1.82) is 0 Å². The Hall–Kier alpha value is -3.00. The van der Waals surface area contributed by atoms with Gasteiger partial charge in [0.05, 0.1) is 20.3 Å². The maximum absolute atomic E-state index is 11.9. The molecule has 0 radical (unpaired) electrons. The number of hydrogen-bond acceptors (Lipinski definition) is 6. The molecular weight excluding hydrogens is 450 g/mol. The van der Waals surface area contributed by atoms with Crippen molar-refractivity contribution in [1.82, 2.24) is 10.2 Å². The Kier molecular flexibility index (Phi) is 7.73. The fourth-order valence-corrected chi connectivity index (χ4v) is 3.26. The van der Waals surface area contributed by atoms with Crippen LogP contribution in [0.4, 0.5) is 5.69 Å². The maximum Gasteiger partial charge on any atom is 0.280 e. The molecule has 1 aromatic heterocycles. The lowest BCUT2D eigenvalue weighted by Gasteiger charge is -2.15. The fraction of sp³-hybridized carbons (Fsp3) is 0.273. The van der Waals surface area contributed by atoms with E-state index in [2.05, 4.69) is 43.6 Å². The second-order valence-corrected chi connectivity index (χ2v) is 7.20. The summed E-state index contributed by atoms with van der Waals surface area (Å²) in [6.45, 7) is 3.27. The lowest BCUT2D eigenvalue weighted by molar-refractivity contribution is 0.297. The molecule has 0 aliphatic rings. The van der Waals surface area contributed by atoms with Crippen molar-refractivity contribution in [3.05, 3.63) is 74.5 Å². The highest BCUT2D eigenvalue weighted by molar-refractivity contribution is 9.10. The van der Waals surface area contributed by atoms with Crippen molar-refractivity contribution in [2.75, 3.05) is 25.6 Å². The summed E-state index contributed by atoms with van der Waals surface area (Å²) < 4.78 is 17.2.